The number of nitriles is 1. The number of aliphatic hydroxyl groups excluding tert-OH is 1. The lowest BCUT2D eigenvalue weighted by molar-refractivity contribution is -0.00948. The molecule has 178 valence electrons. The predicted molar refractivity (Wildman–Crippen MR) is 130 cm³/mol. The zero-order valence-corrected chi connectivity index (χ0v) is 19.3. The number of hydrogen-bond acceptors (Lipinski definition) is 5. The average Bonchev–Trinajstić information content (AvgIpc) is 3.30. The van der Waals surface area contributed by atoms with Gasteiger partial charge in [0.1, 0.15) is 23.1 Å². The van der Waals surface area contributed by atoms with E-state index >= 15 is 0 Å². The van der Waals surface area contributed by atoms with Crippen LogP contribution in [0.15, 0.2) is 54.6 Å². The summed E-state index contributed by atoms with van der Waals surface area (Å²) in [6.45, 7) is 4.02. The molecule has 7 nitrogen and oxygen atoms in total. The highest BCUT2D eigenvalue weighted by Crippen LogP contribution is 2.46. The molecule has 5 rings (SSSR count). The van der Waals surface area contributed by atoms with Crippen molar-refractivity contribution in [3.63, 3.8) is 0 Å². The Kier molecular flexibility index (Phi) is 5.23. The van der Waals surface area contributed by atoms with E-state index in [0.717, 1.165) is 22.7 Å². The van der Waals surface area contributed by atoms with Gasteiger partial charge in [-0.1, -0.05) is 18.2 Å². The Morgan fingerprint density at radius 2 is 1.94 bits per heavy atom. The van der Waals surface area contributed by atoms with Gasteiger partial charge in [-0.25, -0.2) is 0 Å². The highest BCUT2D eigenvalue weighted by atomic mass is 16.5. The maximum atomic E-state index is 13.3. The maximum absolute atomic E-state index is 13.3. The van der Waals surface area contributed by atoms with Crippen LogP contribution in [0.25, 0.3) is 5.69 Å². The van der Waals surface area contributed by atoms with Crippen molar-refractivity contribution in [3.8, 4) is 17.5 Å². The van der Waals surface area contributed by atoms with Crippen LogP contribution < -0.4 is 4.74 Å². The summed E-state index contributed by atoms with van der Waals surface area (Å²) in [6.07, 6.45) is 1.22. The lowest BCUT2D eigenvalue weighted by Gasteiger charge is -2.45. The van der Waals surface area contributed by atoms with Gasteiger partial charge in [0.15, 0.2) is 5.60 Å². The molecule has 1 aromatic heterocycles. The van der Waals surface area contributed by atoms with E-state index in [4.69, 9.17) is 4.74 Å². The molecule has 0 bridgehead atoms. The predicted octanol–water partition coefficient (Wildman–Crippen LogP) is 3.87. The number of aromatic nitrogens is 1. The molecule has 1 amide bonds. The number of likely N-dealkylation sites (tertiary alicyclic amines) is 1. The quantitative estimate of drug-likeness (QED) is 0.617. The molecule has 0 radical (unpaired) electrons. The Balaban J connectivity index is 0.00000180. The molecule has 1 fully saturated rings. The molecule has 7 heteroatoms. The molecule has 1 atom stereocenters. The van der Waals surface area contributed by atoms with Gasteiger partial charge in [-0.15, -0.1) is 0 Å². The molecule has 0 unspecified atom stereocenters. The number of aryl methyl sites for hydroxylation is 1. The van der Waals surface area contributed by atoms with E-state index in [2.05, 4.69) is 6.07 Å². The van der Waals surface area contributed by atoms with Crippen molar-refractivity contribution in [2.75, 3.05) is 19.7 Å². The first-order valence-corrected chi connectivity index (χ1v) is 11.4. The molecule has 2 aromatic carbocycles. The summed E-state index contributed by atoms with van der Waals surface area (Å²) in [4.78, 5) is 15.1. The van der Waals surface area contributed by atoms with Gasteiger partial charge in [-0.3, -0.25) is 9.36 Å². The van der Waals surface area contributed by atoms with E-state index < -0.39 is 17.8 Å². The second kappa shape index (κ2) is 8.01. The van der Waals surface area contributed by atoms with Crippen molar-refractivity contribution >= 4 is 5.91 Å². The number of amides is 1. The molecule has 3 aromatic rings. The van der Waals surface area contributed by atoms with Crippen LogP contribution in [0.5, 0.6) is 5.75 Å². The summed E-state index contributed by atoms with van der Waals surface area (Å²) >= 11 is 0. The smallest absolute Gasteiger partial charge is 0.253 e. The zero-order valence-electron chi connectivity index (χ0n) is 19.3. The Bertz CT molecular complexity index is 1320. The second-order valence-electron chi connectivity index (χ2n) is 9.37. The number of carbonyl (C=O) groups excluding carboxylic acids is 1. The van der Waals surface area contributed by atoms with E-state index in [9.17, 15) is 20.3 Å². The number of fused-ring (bicyclic) bond motifs is 4. The number of nitrogens with zero attached hydrogens (tertiary/aromatic N) is 3. The van der Waals surface area contributed by atoms with Crippen molar-refractivity contribution in [3.05, 3.63) is 82.7 Å². The molecule has 0 aliphatic carbocycles. The summed E-state index contributed by atoms with van der Waals surface area (Å²) in [5.74, 6) is 0.669. The van der Waals surface area contributed by atoms with Crippen molar-refractivity contribution in [2.24, 2.45) is 0 Å². The van der Waals surface area contributed by atoms with Crippen LogP contribution in [0.3, 0.4) is 0 Å². The van der Waals surface area contributed by atoms with E-state index in [1.165, 1.54) is 0 Å². The average molecular weight is 462 g/mol. The normalized spacial score (nSPS) is 17.8. The van der Waals surface area contributed by atoms with Gasteiger partial charge in [0.2, 0.25) is 0 Å². The van der Waals surface area contributed by atoms with Gasteiger partial charge in [0.05, 0.1) is 18.0 Å². The number of benzene rings is 2. The number of ether oxygens (including phenoxy) is 1. The Morgan fingerprint density at radius 1 is 1.21 bits per heavy atom. The SMILES string of the molecule is Cc1cc(C(=O)N2CCC3(CC2)Oc2ccccc2-n2c(C#N)ccc23)ccc1[C@](C)(O)CO.[HH].[HH]. The van der Waals surface area contributed by atoms with Gasteiger partial charge in [-0.2, -0.15) is 5.26 Å². The number of para-hydroxylation sites is 2. The van der Waals surface area contributed by atoms with Crippen LogP contribution in [0.2, 0.25) is 0 Å². The van der Waals surface area contributed by atoms with Crippen LogP contribution in [-0.2, 0) is 11.2 Å². The Hall–Kier alpha value is -3.60. The lowest BCUT2D eigenvalue weighted by Crippen LogP contribution is -2.50. The third kappa shape index (κ3) is 3.38. The van der Waals surface area contributed by atoms with Gasteiger partial charge < -0.3 is 19.8 Å². The fourth-order valence-corrected chi connectivity index (χ4v) is 5.23. The molecule has 1 spiro atoms. The molecule has 2 aliphatic rings. The highest BCUT2D eigenvalue weighted by Gasteiger charge is 2.45. The van der Waals surface area contributed by atoms with Crippen LogP contribution in [0.1, 0.15) is 55.5 Å². The summed E-state index contributed by atoms with van der Waals surface area (Å²) in [5.41, 5.74) is 2.34. The third-order valence-corrected chi connectivity index (χ3v) is 7.09. The minimum Gasteiger partial charge on any atom is -0.479 e. The minimum atomic E-state index is -1.35. The van der Waals surface area contributed by atoms with Gasteiger partial charge in [0.25, 0.3) is 5.91 Å². The van der Waals surface area contributed by atoms with Crippen molar-refractivity contribution in [2.45, 2.75) is 37.9 Å². The first kappa shape index (κ1) is 22.2. The van der Waals surface area contributed by atoms with E-state index in [0.29, 0.717) is 42.8 Å². The monoisotopic (exact) mass is 461 g/mol. The summed E-state index contributed by atoms with van der Waals surface area (Å²) < 4.78 is 8.52. The minimum absolute atomic E-state index is 0. The highest BCUT2D eigenvalue weighted by molar-refractivity contribution is 5.94. The topological polar surface area (TPSA) is 98.7 Å². The fraction of sp³-hybridized carbons (Fsp3) is 0.333. The number of hydrogen-bond donors (Lipinski definition) is 2. The first-order chi connectivity index (χ1) is 16.3. The van der Waals surface area contributed by atoms with E-state index in [-0.39, 0.29) is 8.76 Å². The summed E-state index contributed by atoms with van der Waals surface area (Å²) in [7, 11) is 0. The molecular weight excluding hydrogens is 430 g/mol. The number of piperidine rings is 1. The van der Waals surface area contributed by atoms with Gasteiger partial charge in [-0.05, 0) is 61.4 Å². The summed E-state index contributed by atoms with van der Waals surface area (Å²) in [6, 6.07) is 19.0. The van der Waals surface area contributed by atoms with Crippen molar-refractivity contribution in [1.29, 1.82) is 5.26 Å². The molecule has 3 heterocycles. The number of carbonyl (C=O) groups is 1. The van der Waals surface area contributed by atoms with Gasteiger partial charge >= 0.3 is 0 Å². The molecule has 2 N–H and O–H groups in total. The van der Waals surface area contributed by atoms with Crippen molar-refractivity contribution in [1.82, 2.24) is 9.47 Å². The van der Waals surface area contributed by atoms with Crippen LogP contribution in [-0.4, -0.2) is 45.3 Å². The van der Waals surface area contributed by atoms with E-state index in [1.54, 1.807) is 25.1 Å². The number of aliphatic hydroxyl groups is 2. The molecule has 0 saturated carbocycles. The maximum Gasteiger partial charge on any atom is 0.253 e. The lowest BCUT2D eigenvalue weighted by atomic mass is 9.86. The zero-order chi connectivity index (χ0) is 24.1. The number of rotatable bonds is 3. The Labute approximate surface area is 201 Å². The fourth-order valence-electron chi connectivity index (χ4n) is 5.23. The van der Waals surface area contributed by atoms with Crippen molar-refractivity contribution < 1.29 is 22.6 Å². The Morgan fingerprint density at radius 3 is 2.62 bits per heavy atom. The molecular formula is C27H31N3O4. The van der Waals surface area contributed by atoms with Crippen LogP contribution >= 0.6 is 0 Å². The van der Waals surface area contributed by atoms with Crippen LogP contribution in [0, 0.1) is 18.3 Å². The first-order valence-electron chi connectivity index (χ1n) is 11.4. The third-order valence-electron chi connectivity index (χ3n) is 7.09. The summed E-state index contributed by atoms with van der Waals surface area (Å²) in [5, 5.41) is 29.5. The second-order valence-corrected chi connectivity index (χ2v) is 9.37. The molecule has 34 heavy (non-hydrogen) atoms. The van der Waals surface area contributed by atoms with Gasteiger partial charge in [0, 0.05) is 34.3 Å². The van der Waals surface area contributed by atoms with Crippen LogP contribution in [0.4, 0.5) is 0 Å². The standard InChI is InChI=1S/C27H27N3O4.2H2/c1-18-15-19(7-9-21(18)26(2,33)17-31)25(32)29-13-11-27(12-14-29)24-10-8-20(16-28)30(24)22-5-3-4-6-23(22)34-27;;/h3-10,15,31,33H,11-14,17H2,1-2H3;2*1H/t26-;;/m1../s1. The van der Waals surface area contributed by atoms with E-state index in [1.807, 2.05) is 52.8 Å². The largest absolute Gasteiger partial charge is 0.479 e. The molecule has 2 aliphatic heterocycles. The molecule has 1 saturated heterocycles.